The maximum Gasteiger partial charge on any atom is 0.255 e. The van der Waals surface area contributed by atoms with Gasteiger partial charge in [-0.2, -0.15) is 0 Å². The molecule has 25 heavy (non-hydrogen) atoms. The largest absolute Gasteiger partial charge is 0.497 e. The summed E-state index contributed by atoms with van der Waals surface area (Å²) in [5, 5.41) is 14.0. The standard InChI is InChI=1S/C20H23NO4/c1-24-16-10-11-17(18(12-16)25-2)19(22)21-13-20(23,15-8-9-15)14-6-4-3-5-7-14/h3-7,10-12,15,23H,8-9,13H2,1-2H3,(H,21,22). The van der Waals surface area contributed by atoms with Crippen LogP contribution in [-0.2, 0) is 5.60 Å². The molecule has 1 saturated carbocycles. The molecule has 0 radical (unpaired) electrons. The first-order chi connectivity index (χ1) is 12.1. The number of aliphatic hydroxyl groups is 1. The zero-order valence-corrected chi connectivity index (χ0v) is 14.5. The molecule has 2 aromatic rings. The molecule has 0 aliphatic heterocycles. The van der Waals surface area contributed by atoms with Gasteiger partial charge in [-0.1, -0.05) is 30.3 Å². The highest BCUT2D eigenvalue weighted by molar-refractivity contribution is 5.97. The van der Waals surface area contributed by atoms with Crippen molar-refractivity contribution < 1.29 is 19.4 Å². The summed E-state index contributed by atoms with van der Waals surface area (Å²) in [4.78, 5) is 12.6. The fourth-order valence-electron chi connectivity index (χ4n) is 3.07. The fourth-order valence-corrected chi connectivity index (χ4v) is 3.07. The summed E-state index contributed by atoms with van der Waals surface area (Å²) in [5.41, 5.74) is 0.199. The SMILES string of the molecule is COc1ccc(C(=O)NCC(O)(c2ccccc2)C2CC2)c(OC)c1. The second-order valence-electron chi connectivity index (χ2n) is 6.31. The van der Waals surface area contributed by atoms with E-state index in [-0.39, 0.29) is 18.4 Å². The van der Waals surface area contributed by atoms with E-state index in [1.54, 1.807) is 25.3 Å². The van der Waals surface area contributed by atoms with E-state index < -0.39 is 5.60 Å². The molecular formula is C20H23NO4. The lowest BCUT2D eigenvalue weighted by atomic mass is 9.88. The molecule has 2 N–H and O–H groups in total. The fraction of sp³-hybridized carbons (Fsp3) is 0.350. The molecule has 1 unspecified atom stereocenters. The van der Waals surface area contributed by atoms with Gasteiger partial charge in [-0.05, 0) is 36.5 Å². The first kappa shape index (κ1) is 17.3. The number of hydrogen-bond donors (Lipinski definition) is 2. The topological polar surface area (TPSA) is 67.8 Å². The average Bonchev–Trinajstić information content (AvgIpc) is 3.51. The number of carbonyl (C=O) groups excluding carboxylic acids is 1. The predicted molar refractivity (Wildman–Crippen MR) is 94.9 cm³/mol. The number of nitrogens with one attached hydrogen (secondary N) is 1. The minimum atomic E-state index is -1.05. The van der Waals surface area contributed by atoms with Crippen LogP contribution in [0.15, 0.2) is 48.5 Å². The maximum atomic E-state index is 12.6. The molecular weight excluding hydrogens is 318 g/mol. The summed E-state index contributed by atoms with van der Waals surface area (Å²) in [6, 6.07) is 14.6. The van der Waals surface area contributed by atoms with Crippen LogP contribution in [-0.4, -0.2) is 31.8 Å². The normalized spacial score (nSPS) is 16.0. The molecule has 1 atom stereocenters. The first-order valence-corrected chi connectivity index (χ1v) is 8.36. The van der Waals surface area contributed by atoms with E-state index in [1.807, 2.05) is 30.3 Å². The molecule has 132 valence electrons. The van der Waals surface area contributed by atoms with Crippen molar-refractivity contribution in [3.05, 3.63) is 59.7 Å². The van der Waals surface area contributed by atoms with Gasteiger partial charge in [-0.3, -0.25) is 4.79 Å². The smallest absolute Gasteiger partial charge is 0.255 e. The number of benzene rings is 2. The van der Waals surface area contributed by atoms with Crippen LogP contribution in [0.5, 0.6) is 11.5 Å². The van der Waals surface area contributed by atoms with Crippen LogP contribution in [0.25, 0.3) is 0 Å². The van der Waals surface area contributed by atoms with Gasteiger partial charge in [0.05, 0.1) is 26.3 Å². The Morgan fingerprint density at radius 2 is 1.88 bits per heavy atom. The van der Waals surface area contributed by atoms with Gasteiger partial charge in [-0.25, -0.2) is 0 Å². The quantitative estimate of drug-likeness (QED) is 0.813. The Morgan fingerprint density at radius 1 is 1.16 bits per heavy atom. The van der Waals surface area contributed by atoms with Crippen LogP contribution in [0.3, 0.4) is 0 Å². The van der Waals surface area contributed by atoms with Crippen molar-refractivity contribution in [1.29, 1.82) is 0 Å². The lowest BCUT2D eigenvalue weighted by Gasteiger charge is -2.29. The van der Waals surface area contributed by atoms with Crippen LogP contribution in [0, 0.1) is 5.92 Å². The molecule has 0 saturated heterocycles. The summed E-state index contributed by atoms with van der Waals surface area (Å²) in [6.45, 7) is 0.162. The molecule has 0 aromatic heterocycles. The van der Waals surface area contributed by atoms with Crippen molar-refractivity contribution in [2.24, 2.45) is 5.92 Å². The minimum absolute atomic E-state index is 0.162. The van der Waals surface area contributed by atoms with E-state index in [1.165, 1.54) is 7.11 Å². The van der Waals surface area contributed by atoms with E-state index in [2.05, 4.69) is 5.32 Å². The number of methoxy groups -OCH3 is 2. The van der Waals surface area contributed by atoms with E-state index in [4.69, 9.17) is 9.47 Å². The van der Waals surface area contributed by atoms with Gasteiger partial charge in [0.15, 0.2) is 0 Å². The first-order valence-electron chi connectivity index (χ1n) is 8.36. The lowest BCUT2D eigenvalue weighted by molar-refractivity contribution is 0.0135. The number of ether oxygens (including phenoxy) is 2. The van der Waals surface area contributed by atoms with Crippen LogP contribution in [0.1, 0.15) is 28.8 Å². The average molecular weight is 341 g/mol. The van der Waals surface area contributed by atoms with Crippen LogP contribution >= 0.6 is 0 Å². The van der Waals surface area contributed by atoms with Crippen LogP contribution in [0.2, 0.25) is 0 Å². The van der Waals surface area contributed by atoms with Crippen LogP contribution in [0.4, 0.5) is 0 Å². The third kappa shape index (κ3) is 3.61. The molecule has 5 nitrogen and oxygen atoms in total. The van der Waals surface area contributed by atoms with Crippen molar-refractivity contribution in [3.8, 4) is 11.5 Å². The highest BCUT2D eigenvalue weighted by Crippen LogP contribution is 2.45. The molecule has 2 aromatic carbocycles. The zero-order chi connectivity index (χ0) is 17.9. The summed E-state index contributed by atoms with van der Waals surface area (Å²) in [6.07, 6.45) is 1.93. The van der Waals surface area contributed by atoms with Gasteiger partial charge in [-0.15, -0.1) is 0 Å². The van der Waals surface area contributed by atoms with Gasteiger partial charge in [0, 0.05) is 6.07 Å². The summed E-state index contributed by atoms with van der Waals surface area (Å²) in [7, 11) is 3.07. The summed E-state index contributed by atoms with van der Waals surface area (Å²) < 4.78 is 10.4. The Labute approximate surface area is 147 Å². The Bertz CT molecular complexity index is 743. The number of amides is 1. The van der Waals surface area contributed by atoms with Gasteiger partial charge in [0.1, 0.15) is 17.1 Å². The third-order valence-corrected chi connectivity index (χ3v) is 4.70. The van der Waals surface area contributed by atoms with Crippen LogP contribution < -0.4 is 14.8 Å². The minimum Gasteiger partial charge on any atom is -0.497 e. The molecule has 1 fully saturated rings. The molecule has 0 spiro atoms. The summed E-state index contributed by atoms with van der Waals surface area (Å²) in [5.74, 6) is 0.946. The van der Waals surface area contributed by atoms with Crippen molar-refractivity contribution in [2.45, 2.75) is 18.4 Å². The predicted octanol–water partition coefficient (Wildman–Crippen LogP) is 2.73. The van der Waals surface area contributed by atoms with Crippen molar-refractivity contribution in [2.75, 3.05) is 20.8 Å². The van der Waals surface area contributed by atoms with Crippen molar-refractivity contribution in [1.82, 2.24) is 5.32 Å². The zero-order valence-electron chi connectivity index (χ0n) is 14.5. The lowest BCUT2D eigenvalue weighted by Crippen LogP contribution is -2.42. The van der Waals surface area contributed by atoms with Gasteiger partial charge >= 0.3 is 0 Å². The molecule has 1 aliphatic carbocycles. The molecule has 3 rings (SSSR count). The van der Waals surface area contributed by atoms with Gasteiger partial charge in [0.25, 0.3) is 5.91 Å². The molecule has 1 aliphatic rings. The Hall–Kier alpha value is -2.53. The van der Waals surface area contributed by atoms with E-state index >= 15 is 0 Å². The van der Waals surface area contributed by atoms with E-state index in [9.17, 15) is 9.90 Å². The Morgan fingerprint density at radius 3 is 2.48 bits per heavy atom. The number of carbonyl (C=O) groups is 1. The van der Waals surface area contributed by atoms with E-state index in [0.717, 1.165) is 18.4 Å². The van der Waals surface area contributed by atoms with Gasteiger partial charge in [0.2, 0.25) is 0 Å². The highest BCUT2D eigenvalue weighted by Gasteiger charge is 2.45. The Balaban J connectivity index is 1.77. The second kappa shape index (κ2) is 7.15. The number of rotatable bonds is 7. The van der Waals surface area contributed by atoms with Crippen molar-refractivity contribution in [3.63, 3.8) is 0 Å². The second-order valence-corrected chi connectivity index (χ2v) is 6.31. The molecule has 0 bridgehead atoms. The van der Waals surface area contributed by atoms with Gasteiger partial charge < -0.3 is 19.9 Å². The molecule has 5 heteroatoms. The number of hydrogen-bond acceptors (Lipinski definition) is 4. The Kier molecular flexibility index (Phi) is 4.95. The summed E-state index contributed by atoms with van der Waals surface area (Å²) >= 11 is 0. The monoisotopic (exact) mass is 341 g/mol. The maximum absolute atomic E-state index is 12.6. The molecule has 0 heterocycles. The molecule has 1 amide bonds. The highest BCUT2D eigenvalue weighted by atomic mass is 16.5. The van der Waals surface area contributed by atoms with E-state index in [0.29, 0.717) is 17.1 Å². The third-order valence-electron chi connectivity index (χ3n) is 4.70. The van der Waals surface area contributed by atoms with Crippen molar-refractivity contribution >= 4 is 5.91 Å².